The van der Waals surface area contributed by atoms with Crippen molar-refractivity contribution in [1.82, 2.24) is 10.5 Å². The zero-order valence-electron chi connectivity index (χ0n) is 10.0. The topological polar surface area (TPSA) is 38.1 Å². The van der Waals surface area contributed by atoms with Gasteiger partial charge in [0, 0.05) is 16.7 Å². The Balaban J connectivity index is 1.84. The molecule has 0 unspecified atom stereocenters. The van der Waals surface area contributed by atoms with Gasteiger partial charge in [0.2, 0.25) is 0 Å². The van der Waals surface area contributed by atoms with E-state index in [0.29, 0.717) is 11.1 Å². The van der Waals surface area contributed by atoms with Gasteiger partial charge < -0.3 is 9.84 Å². The average Bonchev–Trinajstić information content (AvgIpc) is 2.89. The lowest BCUT2D eigenvalue weighted by molar-refractivity contribution is 0.368. The third-order valence-corrected chi connectivity index (χ3v) is 3.54. The SMILES string of the molecule is Clc1cccc(-c2cc([C@H]3CCCCN3)no2)c1. The highest BCUT2D eigenvalue weighted by Gasteiger charge is 2.19. The molecule has 4 heteroatoms. The summed E-state index contributed by atoms with van der Waals surface area (Å²) in [5, 5.41) is 8.34. The maximum Gasteiger partial charge on any atom is 0.167 e. The molecular formula is C14H15ClN2O. The number of nitrogens with one attached hydrogen (secondary N) is 1. The van der Waals surface area contributed by atoms with Gasteiger partial charge >= 0.3 is 0 Å². The molecule has 0 radical (unpaired) electrons. The number of aromatic nitrogens is 1. The molecule has 1 fully saturated rings. The molecule has 1 atom stereocenters. The van der Waals surface area contributed by atoms with Gasteiger partial charge in [-0.05, 0) is 31.5 Å². The lowest BCUT2D eigenvalue weighted by atomic mass is 10.0. The number of nitrogens with zero attached hydrogens (tertiary/aromatic N) is 1. The van der Waals surface area contributed by atoms with E-state index >= 15 is 0 Å². The summed E-state index contributed by atoms with van der Waals surface area (Å²) in [5.74, 6) is 0.778. The van der Waals surface area contributed by atoms with Crippen molar-refractivity contribution in [3.63, 3.8) is 0 Å². The van der Waals surface area contributed by atoms with Crippen LogP contribution in [0.25, 0.3) is 11.3 Å². The molecule has 0 amide bonds. The summed E-state index contributed by atoms with van der Waals surface area (Å²) < 4.78 is 5.41. The number of hydrogen-bond acceptors (Lipinski definition) is 3. The Bertz CT molecular complexity index is 532. The van der Waals surface area contributed by atoms with Gasteiger partial charge in [0.05, 0.1) is 6.04 Å². The largest absolute Gasteiger partial charge is 0.356 e. The van der Waals surface area contributed by atoms with Crippen molar-refractivity contribution in [2.45, 2.75) is 25.3 Å². The quantitative estimate of drug-likeness (QED) is 0.894. The summed E-state index contributed by atoms with van der Waals surface area (Å²) in [6, 6.07) is 9.97. The van der Waals surface area contributed by atoms with Gasteiger partial charge in [-0.2, -0.15) is 0 Å². The maximum absolute atomic E-state index is 5.98. The second-order valence-electron chi connectivity index (χ2n) is 4.63. The van der Waals surface area contributed by atoms with Crippen molar-refractivity contribution in [1.29, 1.82) is 0 Å². The van der Waals surface area contributed by atoms with Crippen LogP contribution < -0.4 is 5.32 Å². The molecule has 0 saturated carbocycles. The Labute approximate surface area is 111 Å². The first-order chi connectivity index (χ1) is 8.83. The Morgan fingerprint density at radius 1 is 1.28 bits per heavy atom. The minimum atomic E-state index is 0.329. The highest BCUT2D eigenvalue weighted by Crippen LogP contribution is 2.28. The van der Waals surface area contributed by atoms with Crippen LogP contribution in [-0.2, 0) is 0 Å². The molecule has 1 N–H and O–H groups in total. The molecule has 3 nitrogen and oxygen atoms in total. The molecule has 0 bridgehead atoms. The molecule has 2 aromatic rings. The number of rotatable bonds is 2. The maximum atomic E-state index is 5.98. The number of piperidine rings is 1. The van der Waals surface area contributed by atoms with Gasteiger partial charge in [0.15, 0.2) is 5.76 Å². The Hall–Kier alpha value is -1.32. The second-order valence-corrected chi connectivity index (χ2v) is 5.07. The van der Waals surface area contributed by atoms with Crippen molar-refractivity contribution in [3.8, 4) is 11.3 Å². The fraction of sp³-hybridized carbons (Fsp3) is 0.357. The number of benzene rings is 1. The van der Waals surface area contributed by atoms with E-state index in [2.05, 4.69) is 10.5 Å². The predicted octanol–water partition coefficient (Wildman–Crippen LogP) is 3.81. The van der Waals surface area contributed by atoms with Crippen molar-refractivity contribution < 1.29 is 4.52 Å². The Kier molecular flexibility index (Phi) is 3.35. The zero-order chi connectivity index (χ0) is 12.4. The number of halogens is 1. The monoisotopic (exact) mass is 262 g/mol. The normalized spacial score (nSPS) is 19.9. The van der Waals surface area contributed by atoms with Crippen LogP contribution in [0.15, 0.2) is 34.9 Å². The van der Waals surface area contributed by atoms with E-state index in [0.717, 1.165) is 30.0 Å². The summed E-state index contributed by atoms with van der Waals surface area (Å²) >= 11 is 5.98. The number of hydrogen-bond donors (Lipinski definition) is 1. The summed E-state index contributed by atoms with van der Waals surface area (Å²) in [4.78, 5) is 0. The van der Waals surface area contributed by atoms with E-state index in [4.69, 9.17) is 16.1 Å². The molecule has 1 aromatic carbocycles. The van der Waals surface area contributed by atoms with Gasteiger partial charge in [-0.1, -0.05) is 35.3 Å². The van der Waals surface area contributed by atoms with Crippen LogP contribution in [0.1, 0.15) is 31.0 Å². The van der Waals surface area contributed by atoms with Gasteiger partial charge in [-0.25, -0.2) is 0 Å². The molecule has 2 heterocycles. The van der Waals surface area contributed by atoms with E-state index in [-0.39, 0.29) is 0 Å². The Morgan fingerprint density at radius 3 is 3.00 bits per heavy atom. The molecule has 1 aliphatic rings. The summed E-state index contributed by atoms with van der Waals surface area (Å²) in [5.41, 5.74) is 1.96. The average molecular weight is 263 g/mol. The van der Waals surface area contributed by atoms with Gasteiger partial charge in [-0.3, -0.25) is 0 Å². The van der Waals surface area contributed by atoms with Gasteiger partial charge in [0.1, 0.15) is 5.69 Å². The fourth-order valence-electron chi connectivity index (χ4n) is 2.34. The molecule has 0 aliphatic carbocycles. The van der Waals surface area contributed by atoms with Crippen molar-refractivity contribution in [3.05, 3.63) is 41.0 Å². The van der Waals surface area contributed by atoms with Crippen LogP contribution in [0.4, 0.5) is 0 Å². The van der Waals surface area contributed by atoms with Crippen molar-refractivity contribution in [2.75, 3.05) is 6.54 Å². The predicted molar refractivity (Wildman–Crippen MR) is 71.5 cm³/mol. The summed E-state index contributed by atoms with van der Waals surface area (Å²) in [6.07, 6.45) is 3.62. The highest BCUT2D eigenvalue weighted by atomic mass is 35.5. The van der Waals surface area contributed by atoms with E-state index in [1.54, 1.807) is 0 Å². The van der Waals surface area contributed by atoms with Gasteiger partial charge in [0.25, 0.3) is 0 Å². The van der Waals surface area contributed by atoms with Crippen LogP contribution >= 0.6 is 11.6 Å². The standard InChI is InChI=1S/C14H15ClN2O/c15-11-5-3-4-10(8-11)14-9-13(17-18-14)12-6-1-2-7-16-12/h3-5,8-9,12,16H,1-2,6-7H2/t12-/m1/s1. The highest BCUT2D eigenvalue weighted by molar-refractivity contribution is 6.30. The minimum Gasteiger partial charge on any atom is -0.356 e. The molecule has 18 heavy (non-hydrogen) atoms. The lowest BCUT2D eigenvalue weighted by Crippen LogP contribution is -2.26. The Morgan fingerprint density at radius 2 is 2.22 bits per heavy atom. The van der Waals surface area contributed by atoms with Crippen LogP contribution in [0.2, 0.25) is 5.02 Å². The minimum absolute atomic E-state index is 0.329. The molecule has 1 aromatic heterocycles. The third-order valence-electron chi connectivity index (χ3n) is 3.30. The molecule has 1 saturated heterocycles. The molecular weight excluding hydrogens is 248 g/mol. The fourth-order valence-corrected chi connectivity index (χ4v) is 2.53. The van der Waals surface area contributed by atoms with Crippen molar-refractivity contribution >= 4 is 11.6 Å². The summed E-state index contributed by atoms with van der Waals surface area (Å²) in [7, 11) is 0. The first kappa shape index (κ1) is 11.8. The smallest absolute Gasteiger partial charge is 0.167 e. The van der Waals surface area contributed by atoms with Crippen LogP contribution in [0, 0.1) is 0 Å². The van der Waals surface area contributed by atoms with Gasteiger partial charge in [-0.15, -0.1) is 0 Å². The first-order valence-corrected chi connectivity index (χ1v) is 6.67. The molecule has 0 spiro atoms. The zero-order valence-corrected chi connectivity index (χ0v) is 10.8. The molecule has 1 aliphatic heterocycles. The lowest BCUT2D eigenvalue weighted by Gasteiger charge is -2.20. The van der Waals surface area contributed by atoms with E-state index in [9.17, 15) is 0 Å². The van der Waals surface area contributed by atoms with E-state index < -0.39 is 0 Å². The molecule has 3 rings (SSSR count). The van der Waals surface area contributed by atoms with Crippen LogP contribution in [0.3, 0.4) is 0 Å². The third kappa shape index (κ3) is 2.42. The van der Waals surface area contributed by atoms with E-state index in [1.807, 2.05) is 30.3 Å². The van der Waals surface area contributed by atoms with Crippen LogP contribution in [0.5, 0.6) is 0 Å². The van der Waals surface area contributed by atoms with Crippen LogP contribution in [-0.4, -0.2) is 11.7 Å². The van der Waals surface area contributed by atoms with E-state index in [1.165, 1.54) is 12.8 Å². The second kappa shape index (κ2) is 5.12. The molecule has 94 valence electrons. The summed E-state index contributed by atoms with van der Waals surface area (Å²) in [6.45, 7) is 1.06. The first-order valence-electron chi connectivity index (χ1n) is 6.29. The van der Waals surface area contributed by atoms with Crippen molar-refractivity contribution in [2.24, 2.45) is 0 Å².